The molecule has 0 aliphatic rings. The number of nitrogens with one attached hydrogen (secondary N) is 4. The Morgan fingerprint density at radius 3 is 2.37 bits per heavy atom. The number of carboxylic acids is 1. The van der Waals surface area contributed by atoms with E-state index >= 15 is 0 Å². The first-order valence-corrected chi connectivity index (χ1v) is 12.1. The molecule has 0 spiro atoms. The molecule has 11 nitrogen and oxygen atoms in total. The van der Waals surface area contributed by atoms with Crippen molar-refractivity contribution in [3.63, 3.8) is 0 Å². The summed E-state index contributed by atoms with van der Waals surface area (Å²) in [6.07, 6.45) is 3.69. The fraction of sp³-hybridized carbons (Fsp3) is 0.478. The highest BCUT2D eigenvalue weighted by atomic mass is 32.1. The number of H-pyrrole nitrogens is 1. The molecule has 9 N–H and O–H groups in total. The van der Waals surface area contributed by atoms with Crippen LogP contribution >= 0.6 is 12.6 Å². The molecule has 0 aliphatic carbocycles. The van der Waals surface area contributed by atoms with Gasteiger partial charge in [0.15, 0.2) is 0 Å². The number of hydrogen-bond acceptors (Lipinski definition) is 7. The summed E-state index contributed by atoms with van der Waals surface area (Å²) in [6.45, 7) is 1.98. The van der Waals surface area contributed by atoms with E-state index in [0.29, 0.717) is 19.4 Å². The minimum absolute atomic E-state index is 0.0970. The van der Waals surface area contributed by atoms with Gasteiger partial charge in [0.2, 0.25) is 17.7 Å². The first kappa shape index (κ1) is 28.1. The molecule has 1 heterocycles. The minimum atomic E-state index is -1.24. The van der Waals surface area contributed by atoms with E-state index in [-0.39, 0.29) is 12.2 Å². The summed E-state index contributed by atoms with van der Waals surface area (Å²) >= 11 is 3.97. The molecule has 0 radical (unpaired) electrons. The number of para-hydroxylation sites is 1. The van der Waals surface area contributed by atoms with Gasteiger partial charge in [0.25, 0.3) is 0 Å². The lowest BCUT2D eigenvalue weighted by molar-refractivity contribution is -0.141. The maximum atomic E-state index is 13.0. The number of nitrogens with two attached hydrogens (primary N) is 2. The van der Waals surface area contributed by atoms with Gasteiger partial charge in [-0.15, -0.1) is 0 Å². The molecule has 1 aromatic carbocycles. The second-order valence-corrected chi connectivity index (χ2v) is 8.69. The summed E-state index contributed by atoms with van der Waals surface area (Å²) in [6, 6.07) is 3.39. The first-order valence-electron chi connectivity index (χ1n) is 11.4. The third-order valence-electron chi connectivity index (χ3n) is 5.59. The normalized spacial score (nSPS) is 14.5. The number of unbranched alkanes of at least 4 members (excludes halogenated alkanes) is 1. The number of carbonyl (C=O) groups is 4. The van der Waals surface area contributed by atoms with Crippen LogP contribution in [0.3, 0.4) is 0 Å². The van der Waals surface area contributed by atoms with Crippen molar-refractivity contribution in [2.24, 2.45) is 11.5 Å². The van der Waals surface area contributed by atoms with E-state index in [0.717, 1.165) is 22.9 Å². The van der Waals surface area contributed by atoms with Crippen LogP contribution in [0.15, 0.2) is 30.5 Å². The van der Waals surface area contributed by atoms with E-state index in [4.69, 9.17) is 11.5 Å². The van der Waals surface area contributed by atoms with E-state index in [2.05, 4.69) is 33.6 Å². The lowest BCUT2D eigenvalue weighted by Gasteiger charge is -2.23. The molecule has 2 aromatic rings. The fourth-order valence-electron chi connectivity index (χ4n) is 3.51. The van der Waals surface area contributed by atoms with E-state index in [1.165, 1.54) is 6.92 Å². The molecule has 4 unspecified atom stereocenters. The summed E-state index contributed by atoms with van der Waals surface area (Å²) < 4.78 is 0. The van der Waals surface area contributed by atoms with Crippen LogP contribution in [-0.4, -0.2) is 70.2 Å². The highest BCUT2D eigenvalue weighted by Gasteiger charge is 2.29. The summed E-state index contributed by atoms with van der Waals surface area (Å²) in [5, 5.41) is 17.7. The fourth-order valence-corrected chi connectivity index (χ4v) is 3.76. The number of aromatic amines is 1. The van der Waals surface area contributed by atoms with Crippen LogP contribution in [0.5, 0.6) is 0 Å². The van der Waals surface area contributed by atoms with Gasteiger partial charge in [0, 0.05) is 29.3 Å². The largest absolute Gasteiger partial charge is 0.480 e. The molecule has 12 heteroatoms. The number of thiol groups is 1. The van der Waals surface area contributed by atoms with Crippen LogP contribution < -0.4 is 27.4 Å². The Hall–Kier alpha value is -3.09. The predicted octanol–water partition coefficient (Wildman–Crippen LogP) is -0.345. The van der Waals surface area contributed by atoms with Gasteiger partial charge < -0.3 is 37.5 Å². The Morgan fingerprint density at radius 2 is 1.71 bits per heavy atom. The average Bonchev–Trinajstić information content (AvgIpc) is 3.24. The second-order valence-electron chi connectivity index (χ2n) is 8.33. The third-order valence-corrected chi connectivity index (χ3v) is 5.95. The zero-order valence-electron chi connectivity index (χ0n) is 19.6. The number of carbonyl (C=O) groups excluding carboxylic acids is 3. The van der Waals surface area contributed by atoms with Crippen LogP contribution in [-0.2, 0) is 25.6 Å². The molecule has 3 amide bonds. The smallest absolute Gasteiger partial charge is 0.327 e. The van der Waals surface area contributed by atoms with Gasteiger partial charge >= 0.3 is 5.97 Å². The molecular weight excluding hydrogens is 472 g/mol. The Balaban J connectivity index is 2.13. The first-order chi connectivity index (χ1) is 16.7. The SMILES string of the molecule is CC(NC(=O)C(N)CCCCN)C(=O)NC(Cc1c[nH]c2ccccc12)C(=O)NC(CS)C(=O)O. The van der Waals surface area contributed by atoms with E-state index in [1.54, 1.807) is 6.20 Å². The van der Waals surface area contributed by atoms with Crippen LogP contribution in [0, 0.1) is 0 Å². The highest BCUT2D eigenvalue weighted by molar-refractivity contribution is 7.80. The van der Waals surface area contributed by atoms with E-state index in [9.17, 15) is 24.3 Å². The Labute approximate surface area is 209 Å². The standard InChI is InChI=1S/C23H34N6O5S/c1-13(27-21(31)16(25)7-4-5-9-24)20(30)28-18(22(32)29-19(12-35)23(33)34)10-14-11-26-17-8-3-2-6-15(14)17/h2-3,6,8,11,13,16,18-19,26,35H,4-5,7,9-10,12,24-25H2,1H3,(H,27,31)(H,28,30)(H,29,32)(H,33,34). The van der Waals surface area contributed by atoms with Gasteiger partial charge in [0.05, 0.1) is 6.04 Å². The molecule has 0 bridgehead atoms. The van der Waals surface area contributed by atoms with Gasteiger partial charge in [-0.25, -0.2) is 4.79 Å². The van der Waals surface area contributed by atoms with Gasteiger partial charge in [-0.1, -0.05) is 24.6 Å². The van der Waals surface area contributed by atoms with Crippen molar-refractivity contribution in [3.05, 3.63) is 36.0 Å². The van der Waals surface area contributed by atoms with Gasteiger partial charge in [-0.05, 0) is 37.9 Å². The van der Waals surface area contributed by atoms with Gasteiger partial charge in [-0.3, -0.25) is 14.4 Å². The molecule has 35 heavy (non-hydrogen) atoms. The third kappa shape index (κ3) is 8.26. The molecular formula is C23H34N6O5S. The van der Waals surface area contributed by atoms with Crippen molar-refractivity contribution < 1.29 is 24.3 Å². The molecule has 0 saturated carbocycles. The Bertz CT molecular complexity index is 1030. The summed E-state index contributed by atoms with van der Waals surface area (Å²) in [7, 11) is 0. The predicted molar refractivity (Wildman–Crippen MR) is 136 cm³/mol. The summed E-state index contributed by atoms with van der Waals surface area (Å²) in [4.78, 5) is 52.6. The maximum Gasteiger partial charge on any atom is 0.327 e. The van der Waals surface area contributed by atoms with Crippen molar-refractivity contribution in [2.45, 2.75) is 56.8 Å². The molecule has 0 fully saturated rings. The van der Waals surface area contributed by atoms with Crippen molar-refractivity contribution in [3.8, 4) is 0 Å². The van der Waals surface area contributed by atoms with Crippen molar-refractivity contribution in [1.82, 2.24) is 20.9 Å². The lowest BCUT2D eigenvalue weighted by atomic mass is 10.0. The molecule has 1 aromatic heterocycles. The monoisotopic (exact) mass is 506 g/mol. The van der Waals surface area contributed by atoms with E-state index < -0.39 is 47.9 Å². The van der Waals surface area contributed by atoms with Crippen LogP contribution in [0.25, 0.3) is 10.9 Å². The Kier molecular flexibility index (Phi) is 11.0. The number of carboxylic acid groups (broad SMARTS) is 1. The van der Waals surface area contributed by atoms with Crippen molar-refractivity contribution >= 4 is 47.2 Å². The van der Waals surface area contributed by atoms with Crippen molar-refractivity contribution in [1.29, 1.82) is 0 Å². The lowest BCUT2D eigenvalue weighted by Crippen LogP contribution is -2.57. The molecule has 0 aliphatic heterocycles. The van der Waals surface area contributed by atoms with Crippen LogP contribution in [0.4, 0.5) is 0 Å². The van der Waals surface area contributed by atoms with E-state index in [1.807, 2.05) is 24.3 Å². The van der Waals surface area contributed by atoms with Crippen LogP contribution in [0.1, 0.15) is 31.7 Å². The number of rotatable bonds is 14. The number of fused-ring (bicyclic) bond motifs is 1. The number of hydrogen-bond donors (Lipinski definition) is 8. The zero-order valence-corrected chi connectivity index (χ0v) is 20.5. The number of benzene rings is 1. The molecule has 4 atom stereocenters. The highest BCUT2D eigenvalue weighted by Crippen LogP contribution is 2.19. The Morgan fingerprint density at radius 1 is 1.03 bits per heavy atom. The average molecular weight is 507 g/mol. The topological polar surface area (TPSA) is 192 Å². The molecule has 2 rings (SSSR count). The van der Waals surface area contributed by atoms with Gasteiger partial charge in [0.1, 0.15) is 18.1 Å². The number of aromatic nitrogens is 1. The quantitative estimate of drug-likeness (QED) is 0.127. The zero-order chi connectivity index (χ0) is 26.0. The molecule has 192 valence electrons. The summed E-state index contributed by atoms with van der Waals surface area (Å²) in [5.74, 6) is -3.13. The summed E-state index contributed by atoms with van der Waals surface area (Å²) in [5.41, 5.74) is 13.0. The minimum Gasteiger partial charge on any atom is -0.480 e. The van der Waals surface area contributed by atoms with Crippen LogP contribution in [0.2, 0.25) is 0 Å². The number of amides is 3. The maximum absolute atomic E-state index is 13.0. The second kappa shape index (κ2) is 13.7. The van der Waals surface area contributed by atoms with Gasteiger partial charge in [-0.2, -0.15) is 12.6 Å². The molecule has 0 saturated heterocycles. The number of aliphatic carboxylic acids is 1. The van der Waals surface area contributed by atoms with Crippen molar-refractivity contribution in [2.75, 3.05) is 12.3 Å².